The van der Waals surface area contributed by atoms with Gasteiger partial charge in [-0.2, -0.15) is 0 Å². The van der Waals surface area contributed by atoms with E-state index in [1.165, 1.54) is 17.2 Å². The summed E-state index contributed by atoms with van der Waals surface area (Å²) in [5.74, 6) is -0.297. The van der Waals surface area contributed by atoms with Gasteiger partial charge in [0.15, 0.2) is 4.32 Å². The number of hydrogen-bond acceptors (Lipinski definition) is 5. The summed E-state index contributed by atoms with van der Waals surface area (Å²) in [7, 11) is 0. The number of rotatable bonds is 2. The van der Waals surface area contributed by atoms with E-state index in [0.29, 0.717) is 14.9 Å². The van der Waals surface area contributed by atoms with Crippen LogP contribution in [0.1, 0.15) is 11.1 Å². The molecule has 1 amide bonds. The molecule has 0 bridgehead atoms. The molecular weight excluding hydrogens is 334 g/mol. The van der Waals surface area contributed by atoms with Gasteiger partial charge in [0.1, 0.15) is 0 Å². The third-order valence-corrected chi connectivity index (χ3v) is 4.52. The molecule has 1 aliphatic rings. The Labute approximate surface area is 140 Å². The van der Waals surface area contributed by atoms with E-state index in [4.69, 9.17) is 12.2 Å². The van der Waals surface area contributed by atoms with Crippen molar-refractivity contribution in [3.05, 3.63) is 67.3 Å². The summed E-state index contributed by atoms with van der Waals surface area (Å²) in [6, 6.07) is 7.42. The zero-order valence-corrected chi connectivity index (χ0v) is 13.6. The molecule has 1 saturated heterocycles. The predicted molar refractivity (Wildman–Crippen MR) is 94.5 cm³/mol. The molecule has 1 aliphatic heterocycles. The van der Waals surface area contributed by atoms with Crippen LogP contribution in [-0.2, 0) is 4.79 Å². The number of hydrogen-bond donors (Lipinski definition) is 2. The first-order valence-electron chi connectivity index (χ1n) is 6.62. The highest BCUT2D eigenvalue weighted by atomic mass is 32.2. The molecule has 23 heavy (non-hydrogen) atoms. The molecule has 1 aromatic carbocycles. The Morgan fingerprint density at radius 1 is 1.17 bits per heavy atom. The lowest BCUT2D eigenvalue weighted by molar-refractivity contribution is -0.113. The van der Waals surface area contributed by atoms with E-state index in [1.54, 1.807) is 0 Å². The third kappa shape index (κ3) is 3.03. The number of nitrogens with one attached hydrogen (secondary N) is 2. The number of nitrogens with zero attached hydrogens (tertiary/aromatic N) is 1. The largest absolute Gasteiger partial charge is 0.325 e. The molecule has 0 atom stereocenters. The number of H-pyrrole nitrogens is 2. The molecule has 0 saturated carbocycles. The first-order chi connectivity index (χ1) is 11.0. The summed E-state index contributed by atoms with van der Waals surface area (Å²) in [5, 5.41) is 0. The van der Waals surface area contributed by atoms with Crippen LogP contribution in [0.3, 0.4) is 0 Å². The molecule has 2 aromatic rings. The Morgan fingerprint density at radius 3 is 2.52 bits per heavy atom. The van der Waals surface area contributed by atoms with Crippen LogP contribution in [0, 0.1) is 6.92 Å². The number of carbonyl (C=O) groups excluding carboxylic acids is 1. The molecule has 0 aliphatic carbocycles. The summed E-state index contributed by atoms with van der Waals surface area (Å²) < 4.78 is 0.394. The maximum Gasteiger partial charge on any atom is 0.325 e. The number of thiocarbonyl (C=S) groups is 1. The Kier molecular flexibility index (Phi) is 4.01. The van der Waals surface area contributed by atoms with Gasteiger partial charge in [-0.05, 0) is 25.1 Å². The summed E-state index contributed by atoms with van der Waals surface area (Å²) in [6.45, 7) is 1.95. The highest BCUT2D eigenvalue weighted by molar-refractivity contribution is 8.27. The van der Waals surface area contributed by atoms with Crippen LogP contribution < -0.4 is 16.1 Å². The molecule has 3 rings (SSSR count). The van der Waals surface area contributed by atoms with E-state index in [2.05, 4.69) is 9.97 Å². The van der Waals surface area contributed by atoms with Crippen molar-refractivity contribution in [2.24, 2.45) is 0 Å². The van der Waals surface area contributed by atoms with E-state index < -0.39 is 11.2 Å². The van der Waals surface area contributed by atoms with E-state index in [9.17, 15) is 14.4 Å². The van der Waals surface area contributed by atoms with Crippen LogP contribution in [0.2, 0.25) is 0 Å². The molecule has 1 aromatic heterocycles. The van der Waals surface area contributed by atoms with Gasteiger partial charge in [0.05, 0.1) is 16.2 Å². The van der Waals surface area contributed by atoms with Crippen molar-refractivity contribution in [3.8, 4) is 0 Å². The number of amides is 1. The van der Waals surface area contributed by atoms with Gasteiger partial charge in [-0.15, -0.1) is 0 Å². The predicted octanol–water partition coefficient (Wildman–Crippen LogP) is 1.78. The van der Waals surface area contributed by atoms with Crippen LogP contribution >= 0.6 is 24.0 Å². The standard InChI is InChI=1S/C15H11N3O3S2/c1-8-2-4-10(5-3-8)18-13(20)11(23-15(18)22)6-9-7-16-14(21)17-12(9)19/h2-7H,1H3,(H2,16,17,19,21)/b11-6-. The number of anilines is 1. The lowest BCUT2D eigenvalue weighted by Gasteiger charge is -2.14. The second-order valence-electron chi connectivity index (χ2n) is 4.88. The highest BCUT2D eigenvalue weighted by Gasteiger charge is 2.33. The first-order valence-corrected chi connectivity index (χ1v) is 7.85. The third-order valence-electron chi connectivity index (χ3n) is 3.22. The van der Waals surface area contributed by atoms with Gasteiger partial charge in [0.25, 0.3) is 11.5 Å². The molecule has 0 unspecified atom stereocenters. The van der Waals surface area contributed by atoms with E-state index in [-0.39, 0.29) is 11.5 Å². The van der Waals surface area contributed by atoms with Crippen LogP contribution in [0.25, 0.3) is 6.08 Å². The number of benzene rings is 1. The number of thioether (sulfide) groups is 1. The summed E-state index contributed by atoms with van der Waals surface area (Å²) >= 11 is 6.38. The molecule has 2 N–H and O–H groups in total. The van der Waals surface area contributed by atoms with E-state index >= 15 is 0 Å². The molecule has 1 fully saturated rings. The minimum Gasteiger partial charge on any atom is -0.314 e. The highest BCUT2D eigenvalue weighted by Crippen LogP contribution is 2.35. The van der Waals surface area contributed by atoms with Crippen LogP contribution in [-0.4, -0.2) is 20.2 Å². The summed E-state index contributed by atoms with van der Waals surface area (Å²) in [4.78, 5) is 41.5. The van der Waals surface area contributed by atoms with Crippen molar-refractivity contribution in [1.82, 2.24) is 9.97 Å². The summed E-state index contributed by atoms with van der Waals surface area (Å²) in [5.41, 5.74) is 0.786. The fourth-order valence-electron chi connectivity index (χ4n) is 2.05. The number of aromatic nitrogens is 2. The zero-order valence-electron chi connectivity index (χ0n) is 12.0. The lowest BCUT2D eigenvalue weighted by atomic mass is 10.2. The van der Waals surface area contributed by atoms with Crippen LogP contribution in [0.5, 0.6) is 0 Å². The van der Waals surface area contributed by atoms with Crippen molar-refractivity contribution in [1.29, 1.82) is 0 Å². The maximum absolute atomic E-state index is 12.5. The maximum atomic E-state index is 12.5. The quantitative estimate of drug-likeness (QED) is 0.640. The summed E-state index contributed by atoms with van der Waals surface area (Å²) in [6.07, 6.45) is 2.68. The van der Waals surface area contributed by atoms with Gasteiger partial charge < -0.3 is 4.98 Å². The topological polar surface area (TPSA) is 86.0 Å². The SMILES string of the molecule is Cc1ccc(N2C(=O)/C(=C/c3c[nH]c(=O)[nH]c3=O)SC2=S)cc1. The lowest BCUT2D eigenvalue weighted by Crippen LogP contribution is -2.27. The van der Waals surface area contributed by atoms with Crippen LogP contribution in [0.15, 0.2) is 45.0 Å². The molecule has 0 radical (unpaired) electrons. The average molecular weight is 345 g/mol. The Morgan fingerprint density at radius 2 is 1.87 bits per heavy atom. The zero-order chi connectivity index (χ0) is 16.6. The average Bonchev–Trinajstić information content (AvgIpc) is 2.78. The minimum absolute atomic E-state index is 0.189. The fourth-order valence-corrected chi connectivity index (χ4v) is 3.34. The smallest absolute Gasteiger partial charge is 0.314 e. The number of aromatic amines is 2. The molecular formula is C15H11N3O3S2. The van der Waals surface area contributed by atoms with Crippen molar-refractivity contribution in [3.63, 3.8) is 0 Å². The number of aryl methyl sites for hydroxylation is 1. The van der Waals surface area contributed by atoms with Gasteiger partial charge in [-0.1, -0.05) is 41.7 Å². The van der Waals surface area contributed by atoms with Crippen LogP contribution in [0.4, 0.5) is 5.69 Å². The first kappa shape index (κ1) is 15.4. The fraction of sp³-hybridized carbons (Fsp3) is 0.0667. The molecule has 2 heterocycles. The second-order valence-corrected chi connectivity index (χ2v) is 6.56. The van der Waals surface area contributed by atoms with E-state index in [1.807, 2.05) is 31.2 Å². The monoisotopic (exact) mass is 345 g/mol. The van der Waals surface area contributed by atoms with Gasteiger partial charge in [-0.25, -0.2) is 4.79 Å². The van der Waals surface area contributed by atoms with Gasteiger partial charge in [0, 0.05) is 6.20 Å². The molecule has 116 valence electrons. The second kappa shape index (κ2) is 5.98. The minimum atomic E-state index is -0.598. The number of carbonyl (C=O) groups is 1. The Hall–Kier alpha value is -2.45. The van der Waals surface area contributed by atoms with Gasteiger partial charge >= 0.3 is 5.69 Å². The molecule has 0 spiro atoms. The van der Waals surface area contributed by atoms with Gasteiger partial charge in [0.2, 0.25) is 0 Å². The van der Waals surface area contributed by atoms with Crippen molar-refractivity contribution < 1.29 is 4.79 Å². The van der Waals surface area contributed by atoms with Crippen molar-refractivity contribution in [2.45, 2.75) is 6.92 Å². The normalized spacial score (nSPS) is 16.4. The van der Waals surface area contributed by atoms with E-state index in [0.717, 1.165) is 17.3 Å². The Balaban J connectivity index is 1.97. The molecule has 6 nitrogen and oxygen atoms in total. The Bertz CT molecular complexity index is 941. The molecule has 8 heteroatoms. The van der Waals surface area contributed by atoms with Crippen molar-refractivity contribution in [2.75, 3.05) is 4.90 Å². The van der Waals surface area contributed by atoms with Crippen molar-refractivity contribution >= 4 is 46.0 Å². The van der Waals surface area contributed by atoms with Gasteiger partial charge in [-0.3, -0.25) is 19.5 Å².